The molecule has 1 fully saturated rings. The zero-order valence-electron chi connectivity index (χ0n) is 17.4. The Morgan fingerprint density at radius 2 is 1.94 bits per heavy atom. The van der Waals surface area contributed by atoms with Crippen LogP contribution in [-0.2, 0) is 0 Å². The molecule has 0 spiro atoms. The fraction of sp³-hybridized carbons (Fsp3) is 0.273. The Hall–Kier alpha value is -3.88. The Bertz CT molecular complexity index is 1110. The van der Waals surface area contributed by atoms with Crippen molar-refractivity contribution in [3.63, 3.8) is 0 Å². The third-order valence-corrected chi connectivity index (χ3v) is 5.39. The lowest BCUT2D eigenvalue weighted by atomic mass is 9.95. The number of hydrogen-bond acceptors (Lipinski definition) is 6. The minimum atomic E-state index is -0.792. The van der Waals surface area contributed by atoms with Crippen LogP contribution in [0.2, 0.25) is 0 Å². The van der Waals surface area contributed by atoms with E-state index in [9.17, 15) is 9.59 Å². The van der Waals surface area contributed by atoms with Crippen LogP contribution >= 0.6 is 0 Å². The number of piperazine rings is 1. The predicted octanol–water partition coefficient (Wildman–Crippen LogP) is 2.41. The maximum Gasteiger partial charge on any atom is 0.294 e. The summed E-state index contributed by atoms with van der Waals surface area (Å²) in [5, 5.41) is 4.34. The Labute approximate surface area is 179 Å². The lowest BCUT2D eigenvalue weighted by Gasteiger charge is -2.46. The van der Waals surface area contributed by atoms with Gasteiger partial charge < -0.3 is 19.0 Å². The molecule has 3 aromatic rings. The second-order valence-electron chi connectivity index (χ2n) is 7.42. The van der Waals surface area contributed by atoms with Gasteiger partial charge in [-0.3, -0.25) is 9.59 Å². The molecule has 31 heavy (non-hydrogen) atoms. The molecule has 2 aromatic heterocycles. The quantitative estimate of drug-likeness (QED) is 0.588. The molecule has 9 heteroatoms. The molecular formula is C22H23N5O4. The van der Waals surface area contributed by atoms with Crippen LogP contribution in [-0.4, -0.2) is 68.7 Å². The zero-order valence-corrected chi connectivity index (χ0v) is 17.4. The van der Waals surface area contributed by atoms with Crippen molar-refractivity contribution >= 4 is 11.8 Å². The second kappa shape index (κ2) is 8.10. The molecule has 0 aliphatic carbocycles. The van der Waals surface area contributed by atoms with Crippen LogP contribution in [0.4, 0.5) is 0 Å². The van der Waals surface area contributed by atoms with E-state index < -0.39 is 5.54 Å². The van der Waals surface area contributed by atoms with Crippen molar-refractivity contribution in [3.8, 4) is 11.6 Å². The van der Waals surface area contributed by atoms with E-state index in [2.05, 4.69) is 16.7 Å². The monoisotopic (exact) mass is 421 g/mol. The minimum Gasteiger partial charge on any atom is -0.468 e. The zero-order chi connectivity index (χ0) is 22.0. The molecule has 1 aliphatic heterocycles. The number of amides is 2. The summed E-state index contributed by atoms with van der Waals surface area (Å²) in [6.07, 6.45) is 3.18. The third-order valence-electron chi connectivity index (χ3n) is 5.39. The first-order valence-electron chi connectivity index (χ1n) is 9.81. The highest BCUT2D eigenvalue weighted by Crippen LogP contribution is 2.26. The Morgan fingerprint density at radius 1 is 1.16 bits per heavy atom. The predicted molar refractivity (Wildman–Crippen MR) is 112 cm³/mol. The normalized spacial score (nSPS) is 18.6. The smallest absolute Gasteiger partial charge is 0.294 e. The number of rotatable bonds is 5. The van der Waals surface area contributed by atoms with Gasteiger partial charge in [-0.2, -0.15) is 0 Å². The van der Waals surface area contributed by atoms with E-state index in [4.69, 9.17) is 9.15 Å². The van der Waals surface area contributed by atoms with Crippen LogP contribution in [0.3, 0.4) is 0 Å². The Morgan fingerprint density at radius 3 is 2.61 bits per heavy atom. The number of aromatic nitrogens is 3. The van der Waals surface area contributed by atoms with Gasteiger partial charge in [0.15, 0.2) is 5.76 Å². The van der Waals surface area contributed by atoms with Crippen LogP contribution < -0.4 is 4.74 Å². The van der Waals surface area contributed by atoms with E-state index in [1.54, 1.807) is 32.7 Å². The van der Waals surface area contributed by atoms with E-state index >= 15 is 0 Å². The average Bonchev–Trinajstić information content (AvgIpc) is 3.49. The van der Waals surface area contributed by atoms with Gasteiger partial charge in [0.25, 0.3) is 17.8 Å². The van der Waals surface area contributed by atoms with Gasteiger partial charge in [-0.15, -0.1) is 11.7 Å². The summed E-state index contributed by atoms with van der Waals surface area (Å²) < 4.78 is 12.0. The number of carbonyl (C=O) groups is 2. The lowest BCUT2D eigenvalue weighted by Crippen LogP contribution is -2.62. The molecule has 0 N–H and O–H groups in total. The van der Waals surface area contributed by atoms with Crippen molar-refractivity contribution in [2.24, 2.45) is 0 Å². The van der Waals surface area contributed by atoms with Crippen LogP contribution in [0.25, 0.3) is 5.69 Å². The van der Waals surface area contributed by atoms with E-state index in [0.29, 0.717) is 13.1 Å². The van der Waals surface area contributed by atoms with Crippen molar-refractivity contribution in [1.82, 2.24) is 24.6 Å². The van der Waals surface area contributed by atoms with Crippen molar-refractivity contribution in [2.75, 3.05) is 26.7 Å². The number of nitrogens with zero attached hydrogens (tertiary/aromatic N) is 5. The molecular weight excluding hydrogens is 398 g/mol. The number of methoxy groups -OCH3 is 1. The van der Waals surface area contributed by atoms with Gasteiger partial charge in [0.1, 0.15) is 6.33 Å². The van der Waals surface area contributed by atoms with Gasteiger partial charge in [0.05, 0.1) is 18.3 Å². The fourth-order valence-corrected chi connectivity index (χ4v) is 3.60. The van der Waals surface area contributed by atoms with Crippen LogP contribution in [0.15, 0.2) is 65.9 Å². The molecule has 160 valence electrons. The first-order chi connectivity index (χ1) is 14.9. The van der Waals surface area contributed by atoms with Crippen molar-refractivity contribution < 1.29 is 18.7 Å². The summed E-state index contributed by atoms with van der Waals surface area (Å²) >= 11 is 0. The van der Waals surface area contributed by atoms with Gasteiger partial charge in [-0.05, 0) is 25.1 Å². The molecule has 1 saturated heterocycles. The Kier molecular flexibility index (Phi) is 5.33. The summed E-state index contributed by atoms with van der Waals surface area (Å²) in [6.45, 7) is 6.67. The molecule has 0 bridgehead atoms. The van der Waals surface area contributed by atoms with Gasteiger partial charge in [0, 0.05) is 25.7 Å². The number of furan rings is 1. The maximum absolute atomic E-state index is 13.2. The first-order valence-corrected chi connectivity index (χ1v) is 9.81. The minimum absolute atomic E-state index is 0.0903. The van der Waals surface area contributed by atoms with E-state index in [1.807, 2.05) is 37.3 Å². The van der Waals surface area contributed by atoms with Gasteiger partial charge in [-0.1, -0.05) is 24.3 Å². The largest absolute Gasteiger partial charge is 0.468 e. The molecule has 1 aromatic carbocycles. The molecule has 0 radical (unpaired) electrons. The molecule has 1 unspecified atom stereocenters. The fourth-order valence-electron chi connectivity index (χ4n) is 3.60. The molecule has 1 aliphatic rings. The van der Waals surface area contributed by atoms with E-state index in [0.717, 1.165) is 5.69 Å². The highest BCUT2D eigenvalue weighted by atomic mass is 16.6. The molecule has 2 amide bonds. The number of para-hydroxylation sites is 1. The highest BCUT2D eigenvalue weighted by molar-refractivity contribution is 5.93. The molecule has 4 rings (SSSR count). The number of carbonyl (C=O) groups excluding carboxylic acids is 2. The SMILES string of the molecule is C=CC1(C)CN(C(=O)c2ccc(OC)o2)CCN1C(=O)c1ncn(-c2ccccc2)n1. The maximum atomic E-state index is 13.2. The van der Waals surface area contributed by atoms with Crippen molar-refractivity contribution in [2.45, 2.75) is 12.5 Å². The summed E-state index contributed by atoms with van der Waals surface area (Å²) in [5.74, 6) is -0.0405. The summed E-state index contributed by atoms with van der Waals surface area (Å²) in [5.41, 5.74) is 0.0182. The lowest BCUT2D eigenvalue weighted by molar-refractivity contribution is 0.0230. The van der Waals surface area contributed by atoms with Gasteiger partial charge in [-0.25, -0.2) is 9.67 Å². The number of benzene rings is 1. The number of hydrogen-bond donors (Lipinski definition) is 0. The third kappa shape index (κ3) is 3.81. The molecule has 3 heterocycles. The van der Waals surface area contributed by atoms with Crippen LogP contribution in [0.5, 0.6) is 5.95 Å². The van der Waals surface area contributed by atoms with E-state index in [1.165, 1.54) is 13.4 Å². The number of ether oxygens (including phenoxy) is 1. The summed E-state index contributed by atoms with van der Waals surface area (Å²) in [4.78, 5) is 33.5. The second-order valence-corrected chi connectivity index (χ2v) is 7.42. The average molecular weight is 421 g/mol. The van der Waals surface area contributed by atoms with Gasteiger partial charge >= 0.3 is 0 Å². The molecule has 1 atom stereocenters. The Balaban J connectivity index is 1.52. The topological polar surface area (TPSA) is 93.7 Å². The van der Waals surface area contributed by atoms with Crippen LogP contribution in [0.1, 0.15) is 28.1 Å². The molecule has 0 saturated carbocycles. The standard InChI is InChI=1S/C22H23N5O4/c1-4-22(2)14-25(20(28)17-10-11-18(30-3)31-17)12-13-26(22)21(29)19-23-15-27(24-19)16-8-6-5-7-9-16/h4-11,15H,1,12-14H2,2-3H3. The summed E-state index contributed by atoms with van der Waals surface area (Å²) in [6, 6.07) is 12.6. The van der Waals surface area contributed by atoms with E-state index in [-0.39, 0.29) is 35.9 Å². The van der Waals surface area contributed by atoms with Crippen LogP contribution in [0, 0.1) is 0 Å². The van der Waals surface area contributed by atoms with Crippen molar-refractivity contribution in [3.05, 3.63) is 73.0 Å². The van der Waals surface area contributed by atoms with Gasteiger partial charge in [0.2, 0.25) is 5.82 Å². The first kappa shape index (κ1) is 20.4. The summed E-state index contributed by atoms with van der Waals surface area (Å²) in [7, 11) is 1.47. The molecule has 9 nitrogen and oxygen atoms in total. The highest BCUT2D eigenvalue weighted by Gasteiger charge is 2.41. The van der Waals surface area contributed by atoms with Crippen molar-refractivity contribution in [1.29, 1.82) is 0 Å².